The predicted molar refractivity (Wildman–Crippen MR) is 118 cm³/mol. The molecular formula is C24H29F3N2O2S. The molecule has 1 aromatic carbocycles. The fourth-order valence-electron chi connectivity index (χ4n) is 4.57. The Morgan fingerprint density at radius 3 is 2.31 bits per heavy atom. The third-order valence-electron chi connectivity index (χ3n) is 6.93. The number of aromatic nitrogens is 1. The lowest BCUT2D eigenvalue weighted by Gasteiger charge is -2.35. The Labute approximate surface area is 187 Å². The number of halogens is 3. The minimum Gasteiger partial charge on any atom is -0.302 e. The molecule has 0 amide bonds. The summed E-state index contributed by atoms with van der Waals surface area (Å²) in [7, 11) is -3.23. The fourth-order valence-corrected chi connectivity index (χ4v) is 5.21. The molecule has 0 N–H and O–H groups in total. The van der Waals surface area contributed by atoms with E-state index in [4.69, 9.17) is 0 Å². The molecule has 4 rings (SSSR count). The zero-order valence-corrected chi connectivity index (χ0v) is 19.1. The van der Waals surface area contributed by atoms with Gasteiger partial charge in [-0.25, -0.2) is 8.42 Å². The second-order valence-corrected chi connectivity index (χ2v) is 11.4. The number of nitrogens with zero attached hydrogens (tertiary/aromatic N) is 2. The molecule has 8 heteroatoms. The number of sulfone groups is 1. The van der Waals surface area contributed by atoms with Gasteiger partial charge < -0.3 is 4.90 Å². The Hall–Kier alpha value is -1.93. The minimum atomic E-state index is -4.08. The van der Waals surface area contributed by atoms with Crippen molar-refractivity contribution in [3.05, 3.63) is 48.2 Å². The largest absolute Gasteiger partial charge is 0.395 e. The van der Waals surface area contributed by atoms with E-state index in [-0.39, 0.29) is 24.3 Å². The maximum atomic E-state index is 13.2. The van der Waals surface area contributed by atoms with E-state index in [1.54, 1.807) is 30.5 Å². The third kappa shape index (κ3) is 5.34. The predicted octanol–water partition coefficient (Wildman–Crippen LogP) is 5.14. The summed E-state index contributed by atoms with van der Waals surface area (Å²) in [6.45, 7) is 1.66. The van der Waals surface area contributed by atoms with Gasteiger partial charge >= 0.3 is 6.18 Å². The highest BCUT2D eigenvalue weighted by Gasteiger charge is 2.63. The summed E-state index contributed by atoms with van der Waals surface area (Å²) in [5.41, 5.74) is 1.40. The van der Waals surface area contributed by atoms with E-state index in [0.717, 1.165) is 50.0 Å². The molecule has 1 aliphatic heterocycles. The second-order valence-electron chi connectivity index (χ2n) is 9.38. The number of aryl methyl sites for hydroxylation is 1. The molecule has 1 saturated heterocycles. The second kappa shape index (κ2) is 8.78. The number of benzene rings is 1. The van der Waals surface area contributed by atoms with Crippen LogP contribution in [-0.4, -0.2) is 50.4 Å². The zero-order valence-electron chi connectivity index (χ0n) is 18.2. The van der Waals surface area contributed by atoms with Crippen LogP contribution in [0.2, 0.25) is 0 Å². The average Bonchev–Trinajstić information content (AvgIpc) is 3.54. The van der Waals surface area contributed by atoms with Gasteiger partial charge in [-0.15, -0.1) is 0 Å². The van der Waals surface area contributed by atoms with Crippen molar-refractivity contribution >= 4 is 9.84 Å². The lowest BCUT2D eigenvalue weighted by atomic mass is 9.90. The molecule has 32 heavy (non-hydrogen) atoms. The highest BCUT2D eigenvalue weighted by atomic mass is 32.2. The van der Waals surface area contributed by atoms with E-state index in [2.05, 4.69) is 4.98 Å². The number of alkyl halides is 3. The molecule has 2 heterocycles. The number of hydrogen-bond donors (Lipinski definition) is 0. The molecule has 0 spiro atoms. The van der Waals surface area contributed by atoms with Gasteiger partial charge in [-0.2, -0.15) is 13.2 Å². The van der Waals surface area contributed by atoms with E-state index < -0.39 is 21.4 Å². The first-order chi connectivity index (χ1) is 15.1. The van der Waals surface area contributed by atoms with Crippen molar-refractivity contribution in [2.45, 2.75) is 49.6 Å². The SMILES string of the molecule is CS(=O)(=O)c1ccc(-c2cc(CCC3CCN(CC4(C(F)(F)F)CC4)CC3)ccn2)cc1. The summed E-state index contributed by atoms with van der Waals surface area (Å²) in [6.07, 6.45) is 3.22. The highest BCUT2D eigenvalue weighted by molar-refractivity contribution is 7.90. The van der Waals surface area contributed by atoms with Gasteiger partial charge in [-0.3, -0.25) is 4.98 Å². The van der Waals surface area contributed by atoms with Crippen LogP contribution in [0.1, 0.15) is 37.7 Å². The van der Waals surface area contributed by atoms with Crippen molar-refractivity contribution in [2.75, 3.05) is 25.9 Å². The van der Waals surface area contributed by atoms with Gasteiger partial charge in [0, 0.05) is 24.6 Å². The molecule has 0 radical (unpaired) electrons. The smallest absolute Gasteiger partial charge is 0.302 e. The van der Waals surface area contributed by atoms with Crippen molar-refractivity contribution < 1.29 is 21.6 Å². The van der Waals surface area contributed by atoms with Crippen molar-refractivity contribution in [1.29, 1.82) is 0 Å². The molecule has 1 saturated carbocycles. The van der Waals surface area contributed by atoms with Crippen molar-refractivity contribution in [1.82, 2.24) is 9.88 Å². The summed E-state index contributed by atoms with van der Waals surface area (Å²) in [5.74, 6) is 0.526. The zero-order chi connectivity index (χ0) is 23.0. The summed E-state index contributed by atoms with van der Waals surface area (Å²) >= 11 is 0. The number of hydrogen-bond acceptors (Lipinski definition) is 4. The number of pyridine rings is 1. The monoisotopic (exact) mass is 466 g/mol. The van der Waals surface area contributed by atoms with Crippen LogP contribution in [0.3, 0.4) is 0 Å². The molecule has 0 unspecified atom stereocenters. The van der Waals surface area contributed by atoms with Crippen molar-refractivity contribution in [2.24, 2.45) is 11.3 Å². The van der Waals surface area contributed by atoms with Crippen LogP contribution in [0.15, 0.2) is 47.5 Å². The van der Waals surface area contributed by atoms with Gasteiger partial charge in [-0.05, 0) is 87.4 Å². The van der Waals surface area contributed by atoms with Gasteiger partial charge in [0.25, 0.3) is 0 Å². The summed E-state index contributed by atoms with van der Waals surface area (Å²) in [5, 5.41) is 0. The number of rotatable bonds is 7. The van der Waals surface area contributed by atoms with Crippen LogP contribution in [0.4, 0.5) is 13.2 Å². The van der Waals surface area contributed by atoms with Crippen LogP contribution in [0.5, 0.6) is 0 Å². The Morgan fingerprint density at radius 1 is 1.09 bits per heavy atom. The topological polar surface area (TPSA) is 50.3 Å². The molecule has 4 nitrogen and oxygen atoms in total. The van der Waals surface area contributed by atoms with Crippen molar-refractivity contribution in [3.63, 3.8) is 0 Å². The van der Waals surface area contributed by atoms with Crippen LogP contribution in [0.25, 0.3) is 11.3 Å². The van der Waals surface area contributed by atoms with Crippen LogP contribution in [0, 0.1) is 11.3 Å². The minimum absolute atomic E-state index is 0.162. The van der Waals surface area contributed by atoms with Gasteiger partial charge in [0.15, 0.2) is 9.84 Å². The van der Waals surface area contributed by atoms with Gasteiger partial charge in [0.05, 0.1) is 16.0 Å². The molecule has 1 aliphatic carbocycles. The lowest BCUT2D eigenvalue weighted by Crippen LogP contribution is -2.42. The first-order valence-corrected chi connectivity index (χ1v) is 13.0. The molecule has 0 atom stereocenters. The van der Waals surface area contributed by atoms with E-state index in [1.807, 2.05) is 17.0 Å². The first-order valence-electron chi connectivity index (χ1n) is 11.1. The molecule has 0 bridgehead atoms. The quantitative estimate of drug-likeness (QED) is 0.567. The summed E-state index contributed by atoms with van der Waals surface area (Å²) in [6, 6.07) is 10.8. The molecule has 2 fully saturated rings. The molecule has 1 aromatic heterocycles. The Kier molecular flexibility index (Phi) is 6.38. The van der Waals surface area contributed by atoms with E-state index >= 15 is 0 Å². The summed E-state index contributed by atoms with van der Waals surface area (Å²) in [4.78, 5) is 6.70. The van der Waals surface area contributed by atoms with Crippen LogP contribution < -0.4 is 0 Å². The van der Waals surface area contributed by atoms with E-state index in [0.29, 0.717) is 5.92 Å². The first kappa shape index (κ1) is 23.2. The molecule has 2 aliphatic rings. The average molecular weight is 467 g/mol. The molecule has 2 aromatic rings. The maximum absolute atomic E-state index is 13.2. The Bertz CT molecular complexity index is 1040. The Morgan fingerprint density at radius 2 is 1.75 bits per heavy atom. The number of likely N-dealkylation sites (tertiary alicyclic amines) is 1. The van der Waals surface area contributed by atoms with Crippen LogP contribution in [-0.2, 0) is 16.3 Å². The van der Waals surface area contributed by atoms with Crippen molar-refractivity contribution in [3.8, 4) is 11.3 Å². The molecular weight excluding hydrogens is 437 g/mol. The Balaban J connectivity index is 1.29. The standard InChI is InChI=1S/C24H29F3N2O2S/c1-32(30,31)21-6-4-20(5-7-21)22-16-19(8-13-28-22)3-2-18-9-14-29(15-10-18)17-23(11-12-23)24(25,26)27/h4-8,13,16,18H,2-3,9-12,14-15,17H2,1H3. The maximum Gasteiger partial charge on any atom is 0.395 e. The fraction of sp³-hybridized carbons (Fsp3) is 0.542. The third-order valence-corrected chi connectivity index (χ3v) is 8.06. The molecule has 174 valence electrons. The van der Waals surface area contributed by atoms with Crippen LogP contribution >= 0.6 is 0 Å². The lowest BCUT2D eigenvalue weighted by molar-refractivity contribution is -0.192. The number of piperidine rings is 1. The summed E-state index contributed by atoms with van der Waals surface area (Å²) < 4.78 is 62.9. The van der Waals surface area contributed by atoms with Gasteiger partial charge in [-0.1, -0.05) is 12.1 Å². The van der Waals surface area contributed by atoms with E-state index in [9.17, 15) is 21.6 Å². The van der Waals surface area contributed by atoms with E-state index in [1.165, 1.54) is 11.8 Å². The normalized spacial score (nSPS) is 19.8. The van der Waals surface area contributed by atoms with Gasteiger partial charge in [0.1, 0.15) is 0 Å². The highest BCUT2D eigenvalue weighted by Crippen LogP contribution is 2.58. The van der Waals surface area contributed by atoms with Gasteiger partial charge in [0.2, 0.25) is 0 Å².